The summed E-state index contributed by atoms with van der Waals surface area (Å²) in [6, 6.07) is 9.81. The Morgan fingerprint density at radius 2 is 2.00 bits per heavy atom. The number of nitro benzene ring substituents is 1. The maximum Gasteiger partial charge on any atom is 0.273 e. The molecule has 7 nitrogen and oxygen atoms in total. The molecule has 2 aromatic rings. The van der Waals surface area contributed by atoms with Crippen LogP contribution in [0.4, 0.5) is 17.1 Å². The number of nitrogens with zero attached hydrogens (tertiary/aromatic N) is 2. The SMILES string of the molecule is CC(=O)N1CCc2ccc(NC(=O)c3cccc([N+](=O)[O-])c3C)cc21. The van der Waals surface area contributed by atoms with Gasteiger partial charge in [0.1, 0.15) is 0 Å². The Balaban J connectivity index is 1.88. The van der Waals surface area contributed by atoms with Gasteiger partial charge in [0.15, 0.2) is 0 Å². The van der Waals surface area contributed by atoms with E-state index in [0.717, 1.165) is 17.7 Å². The molecule has 0 aromatic heterocycles. The van der Waals surface area contributed by atoms with E-state index in [0.29, 0.717) is 17.8 Å². The minimum Gasteiger partial charge on any atom is -0.322 e. The number of anilines is 2. The van der Waals surface area contributed by atoms with Crippen molar-refractivity contribution in [3.05, 3.63) is 63.2 Å². The topological polar surface area (TPSA) is 92.6 Å². The van der Waals surface area contributed by atoms with Gasteiger partial charge in [0, 0.05) is 42.0 Å². The standard InChI is InChI=1S/C18H17N3O4/c1-11-15(4-3-5-16(11)21(24)25)18(23)19-14-7-6-13-8-9-20(12(2)22)17(13)10-14/h3-7,10H,8-9H2,1-2H3,(H,19,23). The quantitative estimate of drug-likeness (QED) is 0.687. The van der Waals surface area contributed by atoms with Gasteiger partial charge in [-0.15, -0.1) is 0 Å². The van der Waals surface area contributed by atoms with E-state index in [1.165, 1.54) is 19.1 Å². The normalized spacial score (nSPS) is 12.6. The summed E-state index contributed by atoms with van der Waals surface area (Å²) >= 11 is 0. The Labute approximate surface area is 144 Å². The zero-order valence-electron chi connectivity index (χ0n) is 13.9. The van der Waals surface area contributed by atoms with Crippen LogP contribution in [0.5, 0.6) is 0 Å². The van der Waals surface area contributed by atoms with Crippen LogP contribution in [0.3, 0.4) is 0 Å². The summed E-state index contributed by atoms with van der Waals surface area (Å²) in [5, 5.41) is 13.8. The molecule has 0 spiro atoms. The minimum atomic E-state index is -0.508. The monoisotopic (exact) mass is 339 g/mol. The first kappa shape index (κ1) is 16.6. The van der Waals surface area contributed by atoms with Crippen molar-refractivity contribution >= 4 is 28.9 Å². The summed E-state index contributed by atoms with van der Waals surface area (Å²) in [5.74, 6) is -0.467. The lowest BCUT2D eigenvalue weighted by molar-refractivity contribution is -0.385. The van der Waals surface area contributed by atoms with Crippen molar-refractivity contribution in [2.45, 2.75) is 20.3 Å². The van der Waals surface area contributed by atoms with Crippen LogP contribution in [0.15, 0.2) is 36.4 Å². The van der Waals surface area contributed by atoms with Gasteiger partial charge in [-0.3, -0.25) is 19.7 Å². The van der Waals surface area contributed by atoms with Crippen molar-refractivity contribution in [2.75, 3.05) is 16.8 Å². The van der Waals surface area contributed by atoms with Crippen LogP contribution in [0.1, 0.15) is 28.4 Å². The Morgan fingerprint density at radius 1 is 1.24 bits per heavy atom. The van der Waals surface area contributed by atoms with Crippen molar-refractivity contribution in [3.63, 3.8) is 0 Å². The molecular formula is C18H17N3O4. The number of nitro groups is 1. The Bertz CT molecular complexity index is 892. The summed E-state index contributed by atoms with van der Waals surface area (Å²) in [4.78, 5) is 36.4. The Kier molecular flexibility index (Phi) is 4.22. The molecule has 3 rings (SSSR count). The van der Waals surface area contributed by atoms with E-state index in [9.17, 15) is 19.7 Å². The highest BCUT2D eigenvalue weighted by molar-refractivity contribution is 6.06. The van der Waals surface area contributed by atoms with Crippen molar-refractivity contribution in [2.24, 2.45) is 0 Å². The lowest BCUT2D eigenvalue weighted by Crippen LogP contribution is -2.25. The molecule has 0 radical (unpaired) electrons. The second kappa shape index (κ2) is 6.35. The lowest BCUT2D eigenvalue weighted by Gasteiger charge is -2.16. The zero-order chi connectivity index (χ0) is 18.1. The number of carbonyl (C=O) groups is 2. The third kappa shape index (κ3) is 3.08. The van der Waals surface area contributed by atoms with E-state index in [4.69, 9.17) is 0 Å². The van der Waals surface area contributed by atoms with Crippen LogP contribution in [0, 0.1) is 17.0 Å². The molecule has 1 heterocycles. The number of amides is 2. The van der Waals surface area contributed by atoms with Gasteiger partial charge in [-0.25, -0.2) is 0 Å². The van der Waals surface area contributed by atoms with Gasteiger partial charge in [0.25, 0.3) is 11.6 Å². The summed E-state index contributed by atoms with van der Waals surface area (Å²) < 4.78 is 0. The number of hydrogen-bond donors (Lipinski definition) is 1. The average Bonchev–Trinajstić information content (AvgIpc) is 2.98. The largest absolute Gasteiger partial charge is 0.322 e. The van der Waals surface area contributed by atoms with Crippen molar-refractivity contribution in [1.29, 1.82) is 0 Å². The molecule has 0 aliphatic carbocycles. The molecule has 25 heavy (non-hydrogen) atoms. The smallest absolute Gasteiger partial charge is 0.273 e. The molecule has 0 fully saturated rings. The van der Waals surface area contributed by atoms with E-state index < -0.39 is 10.8 Å². The van der Waals surface area contributed by atoms with Crippen molar-refractivity contribution in [1.82, 2.24) is 0 Å². The first-order chi connectivity index (χ1) is 11.9. The van der Waals surface area contributed by atoms with Crippen molar-refractivity contribution < 1.29 is 14.5 Å². The van der Waals surface area contributed by atoms with E-state index in [2.05, 4.69) is 5.32 Å². The van der Waals surface area contributed by atoms with Gasteiger partial charge < -0.3 is 10.2 Å². The van der Waals surface area contributed by atoms with Crippen LogP contribution >= 0.6 is 0 Å². The highest BCUT2D eigenvalue weighted by Gasteiger charge is 2.23. The summed E-state index contributed by atoms with van der Waals surface area (Å²) in [6.45, 7) is 3.69. The molecule has 0 bridgehead atoms. The number of nitrogens with one attached hydrogen (secondary N) is 1. The van der Waals surface area contributed by atoms with Gasteiger partial charge in [-0.05, 0) is 37.1 Å². The predicted octanol–water partition coefficient (Wildman–Crippen LogP) is 3.06. The average molecular weight is 339 g/mol. The third-order valence-corrected chi connectivity index (χ3v) is 4.37. The Hall–Kier alpha value is -3.22. The lowest BCUT2D eigenvalue weighted by atomic mass is 10.1. The van der Waals surface area contributed by atoms with Crippen LogP contribution < -0.4 is 10.2 Å². The van der Waals surface area contributed by atoms with E-state index in [1.54, 1.807) is 30.0 Å². The molecular weight excluding hydrogens is 322 g/mol. The molecule has 2 amide bonds. The molecule has 1 aliphatic heterocycles. The predicted molar refractivity (Wildman–Crippen MR) is 94.0 cm³/mol. The highest BCUT2D eigenvalue weighted by atomic mass is 16.6. The fourth-order valence-electron chi connectivity index (χ4n) is 3.05. The molecule has 0 atom stereocenters. The molecule has 1 aliphatic rings. The number of carbonyl (C=O) groups excluding carboxylic acids is 2. The molecule has 1 N–H and O–H groups in total. The van der Waals surface area contributed by atoms with Gasteiger partial charge in [-0.1, -0.05) is 12.1 Å². The zero-order valence-corrected chi connectivity index (χ0v) is 13.9. The highest BCUT2D eigenvalue weighted by Crippen LogP contribution is 2.31. The summed E-state index contributed by atoms with van der Waals surface area (Å²) in [7, 11) is 0. The minimum absolute atomic E-state index is 0.0447. The second-order valence-electron chi connectivity index (χ2n) is 5.93. The van der Waals surface area contributed by atoms with E-state index in [-0.39, 0.29) is 17.2 Å². The third-order valence-electron chi connectivity index (χ3n) is 4.37. The van der Waals surface area contributed by atoms with Gasteiger partial charge in [0.2, 0.25) is 5.91 Å². The van der Waals surface area contributed by atoms with Gasteiger partial charge >= 0.3 is 0 Å². The van der Waals surface area contributed by atoms with E-state index >= 15 is 0 Å². The number of benzene rings is 2. The van der Waals surface area contributed by atoms with Crippen LogP contribution in [-0.4, -0.2) is 23.3 Å². The molecule has 2 aromatic carbocycles. The van der Waals surface area contributed by atoms with Crippen molar-refractivity contribution in [3.8, 4) is 0 Å². The van der Waals surface area contributed by atoms with Gasteiger partial charge in [-0.2, -0.15) is 0 Å². The first-order valence-corrected chi connectivity index (χ1v) is 7.85. The first-order valence-electron chi connectivity index (χ1n) is 7.85. The molecule has 7 heteroatoms. The second-order valence-corrected chi connectivity index (χ2v) is 5.93. The number of hydrogen-bond acceptors (Lipinski definition) is 4. The summed E-state index contributed by atoms with van der Waals surface area (Å²) in [5.41, 5.74) is 2.86. The molecule has 0 saturated carbocycles. The number of fused-ring (bicyclic) bond motifs is 1. The van der Waals surface area contributed by atoms with E-state index in [1.807, 2.05) is 6.07 Å². The van der Waals surface area contributed by atoms with Gasteiger partial charge in [0.05, 0.1) is 4.92 Å². The van der Waals surface area contributed by atoms with Crippen LogP contribution in [0.25, 0.3) is 0 Å². The fraction of sp³-hybridized carbons (Fsp3) is 0.222. The fourth-order valence-corrected chi connectivity index (χ4v) is 3.05. The number of rotatable bonds is 3. The molecule has 0 unspecified atom stereocenters. The molecule has 128 valence electrons. The summed E-state index contributed by atoms with van der Waals surface area (Å²) in [6.07, 6.45) is 0.785. The van der Waals surface area contributed by atoms with Crippen LogP contribution in [-0.2, 0) is 11.2 Å². The van der Waals surface area contributed by atoms with Crippen LogP contribution in [0.2, 0.25) is 0 Å². The Morgan fingerprint density at radius 3 is 2.68 bits per heavy atom. The molecule has 0 saturated heterocycles. The maximum atomic E-state index is 12.5. The maximum absolute atomic E-state index is 12.5.